The smallest absolute Gasteiger partial charge is 0.187 e. The van der Waals surface area contributed by atoms with Gasteiger partial charge in [-0.1, -0.05) is 0 Å². The second-order valence-corrected chi connectivity index (χ2v) is 5.96. The van der Waals surface area contributed by atoms with E-state index in [9.17, 15) is 35.7 Å². The van der Waals surface area contributed by atoms with E-state index < -0.39 is 73.9 Å². The molecule has 11 nitrogen and oxygen atoms in total. The third-order valence-electron chi connectivity index (χ3n) is 4.46. The molecule has 0 spiro atoms. The topological polar surface area (TPSA) is 190 Å². The number of hydrogen-bond donors (Lipinski definition) is 8. The Balaban J connectivity index is 2.17. The van der Waals surface area contributed by atoms with Gasteiger partial charge >= 0.3 is 0 Å². The van der Waals surface area contributed by atoms with Gasteiger partial charge in [-0.3, -0.25) is 0 Å². The highest BCUT2D eigenvalue weighted by atomic mass is 16.7. The zero-order valence-corrected chi connectivity index (χ0v) is 12.9. The number of aliphatic hydroxyl groups excluding tert-OH is 8. The van der Waals surface area contributed by atoms with Gasteiger partial charge < -0.3 is 55.1 Å². The van der Waals surface area contributed by atoms with E-state index in [1.807, 2.05) is 0 Å². The molecule has 1 aliphatic carbocycles. The Hall–Kier alpha value is -0.440. The molecule has 1 saturated carbocycles. The van der Waals surface area contributed by atoms with Gasteiger partial charge in [0.2, 0.25) is 0 Å². The number of rotatable bonds is 4. The molecule has 0 radical (unpaired) electrons. The minimum Gasteiger partial charge on any atom is -0.394 e. The van der Waals surface area contributed by atoms with Crippen LogP contribution in [0.1, 0.15) is 0 Å². The lowest BCUT2D eigenvalue weighted by Gasteiger charge is -2.46. The molecule has 142 valence electrons. The van der Waals surface area contributed by atoms with Crippen molar-refractivity contribution in [1.82, 2.24) is 0 Å². The highest BCUT2D eigenvalue weighted by Crippen LogP contribution is 2.30. The minimum absolute atomic E-state index is 0.671. The van der Waals surface area contributed by atoms with Gasteiger partial charge in [0.15, 0.2) is 6.29 Å². The normalized spacial score (nSPS) is 53.1. The number of hydrogen-bond acceptors (Lipinski definition) is 11. The van der Waals surface area contributed by atoms with E-state index in [0.29, 0.717) is 0 Å². The standard InChI is InChI=1S/C13H24O11/c1-22-11-8(19)6(17)7(18)9(20)12(11)24-13-10(21)5(16)4(15)3(2-14)23-13/h3-21H,2H2,1H3/t3-,4+,5+,6+,7-,8-,9+,10-,11+,12+,13-/m1/s1. The highest BCUT2D eigenvalue weighted by Gasteiger charge is 2.53. The second-order valence-electron chi connectivity index (χ2n) is 5.96. The van der Waals surface area contributed by atoms with Crippen molar-refractivity contribution in [2.24, 2.45) is 0 Å². The van der Waals surface area contributed by atoms with Gasteiger partial charge in [-0.2, -0.15) is 0 Å². The van der Waals surface area contributed by atoms with Gasteiger partial charge in [-0.05, 0) is 0 Å². The minimum atomic E-state index is -1.75. The van der Waals surface area contributed by atoms with Gasteiger partial charge in [-0.25, -0.2) is 0 Å². The molecule has 11 heteroatoms. The van der Waals surface area contributed by atoms with Crippen LogP contribution in [0, 0.1) is 0 Å². The third-order valence-corrected chi connectivity index (χ3v) is 4.46. The molecule has 2 rings (SSSR count). The maximum absolute atomic E-state index is 10.1. The molecule has 0 unspecified atom stereocenters. The van der Waals surface area contributed by atoms with Crippen molar-refractivity contribution in [2.45, 2.75) is 67.3 Å². The maximum Gasteiger partial charge on any atom is 0.187 e. The van der Waals surface area contributed by atoms with Crippen LogP contribution < -0.4 is 0 Å². The van der Waals surface area contributed by atoms with Crippen LogP contribution in [0.25, 0.3) is 0 Å². The highest BCUT2D eigenvalue weighted by molar-refractivity contribution is 5.01. The van der Waals surface area contributed by atoms with Gasteiger partial charge in [0.1, 0.15) is 61.0 Å². The van der Waals surface area contributed by atoms with E-state index in [4.69, 9.17) is 19.3 Å². The van der Waals surface area contributed by atoms with Gasteiger partial charge in [-0.15, -0.1) is 0 Å². The van der Waals surface area contributed by atoms with E-state index in [1.165, 1.54) is 7.11 Å². The molecule has 0 bridgehead atoms. The summed E-state index contributed by atoms with van der Waals surface area (Å²) in [5.41, 5.74) is 0. The van der Waals surface area contributed by atoms with E-state index in [0.717, 1.165) is 0 Å². The molecule has 11 atom stereocenters. The summed E-state index contributed by atoms with van der Waals surface area (Å²) in [6.45, 7) is -0.671. The largest absolute Gasteiger partial charge is 0.394 e. The summed E-state index contributed by atoms with van der Waals surface area (Å²) in [6.07, 6.45) is -17.2. The lowest BCUT2D eigenvalue weighted by Crippen LogP contribution is -2.67. The third kappa shape index (κ3) is 3.43. The van der Waals surface area contributed by atoms with Crippen LogP contribution in [0.4, 0.5) is 0 Å². The van der Waals surface area contributed by atoms with Crippen LogP contribution in [-0.2, 0) is 14.2 Å². The molecule has 0 aromatic heterocycles. The second kappa shape index (κ2) is 7.85. The molecule has 8 N–H and O–H groups in total. The monoisotopic (exact) mass is 356 g/mol. The van der Waals surface area contributed by atoms with Crippen LogP contribution in [-0.4, -0.2) is 122 Å². The summed E-state index contributed by atoms with van der Waals surface area (Å²) < 4.78 is 15.5. The molecule has 0 aromatic carbocycles. The first kappa shape index (κ1) is 19.9. The van der Waals surface area contributed by atoms with E-state index in [2.05, 4.69) is 0 Å². The van der Waals surface area contributed by atoms with Crippen molar-refractivity contribution in [1.29, 1.82) is 0 Å². The molecular formula is C13H24O11. The molecule has 0 amide bonds. The average Bonchev–Trinajstić information content (AvgIpc) is 2.58. The maximum atomic E-state index is 10.1. The van der Waals surface area contributed by atoms with E-state index >= 15 is 0 Å². The van der Waals surface area contributed by atoms with Crippen molar-refractivity contribution >= 4 is 0 Å². The Labute approximate surface area is 137 Å². The molecule has 24 heavy (non-hydrogen) atoms. The zero-order chi connectivity index (χ0) is 18.2. The van der Waals surface area contributed by atoms with Crippen molar-refractivity contribution < 1.29 is 55.1 Å². The van der Waals surface area contributed by atoms with Gasteiger partial charge in [0.05, 0.1) is 6.61 Å². The molecule has 0 aromatic rings. The molecular weight excluding hydrogens is 332 g/mol. The van der Waals surface area contributed by atoms with Crippen molar-refractivity contribution in [3.63, 3.8) is 0 Å². The number of ether oxygens (including phenoxy) is 3. The Kier molecular flexibility index (Phi) is 6.50. The quantitative estimate of drug-likeness (QED) is 0.240. The summed E-state index contributed by atoms with van der Waals surface area (Å²) in [5.74, 6) is 0. The summed E-state index contributed by atoms with van der Waals surface area (Å²) in [6, 6.07) is 0. The fourth-order valence-electron chi connectivity index (χ4n) is 2.95. The summed E-state index contributed by atoms with van der Waals surface area (Å²) in [5, 5.41) is 77.9. The lowest BCUT2D eigenvalue weighted by atomic mass is 9.84. The Morgan fingerprint density at radius 2 is 1.21 bits per heavy atom. The molecule has 1 heterocycles. The van der Waals surface area contributed by atoms with Crippen LogP contribution in [0.3, 0.4) is 0 Å². The van der Waals surface area contributed by atoms with Crippen LogP contribution in [0.5, 0.6) is 0 Å². The van der Waals surface area contributed by atoms with Crippen molar-refractivity contribution in [3.05, 3.63) is 0 Å². The molecule has 2 fully saturated rings. The molecule has 1 saturated heterocycles. The van der Waals surface area contributed by atoms with Crippen molar-refractivity contribution in [3.8, 4) is 0 Å². The SMILES string of the molecule is CO[C@H]1[C@H](O)[C@@H](O)[C@@H](O)[C@H](O)[C@@H]1O[C@H]1O[C@H](CO)[C@H](O)[C@H](O)[C@H]1O. The van der Waals surface area contributed by atoms with Crippen LogP contribution in [0.2, 0.25) is 0 Å². The van der Waals surface area contributed by atoms with Crippen LogP contribution >= 0.6 is 0 Å². The number of methoxy groups -OCH3 is 1. The Morgan fingerprint density at radius 1 is 0.708 bits per heavy atom. The summed E-state index contributed by atoms with van der Waals surface area (Å²) in [4.78, 5) is 0. The average molecular weight is 356 g/mol. The number of aliphatic hydroxyl groups is 8. The Bertz CT molecular complexity index is 407. The first-order valence-electron chi connectivity index (χ1n) is 7.45. The predicted molar refractivity (Wildman–Crippen MR) is 73.5 cm³/mol. The summed E-state index contributed by atoms with van der Waals surface area (Å²) in [7, 11) is 1.18. The van der Waals surface area contributed by atoms with Crippen LogP contribution in [0.15, 0.2) is 0 Å². The summed E-state index contributed by atoms with van der Waals surface area (Å²) >= 11 is 0. The fourth-order valence-corrected chi connectivity index (χ4v) is 2.95. The first-order valence-corrected chi connectivity index (χ1v) is 7.45. The predicted octanol–water partition coefficient (Wildman–Crippen LogP) is -5.36. The zero-order valence-electron chi connectivity index (χ0n) is 12.9. The first-order chi connectivity index (χ1) is 11.2. The van der Waals surface area contributed by atoms with E-state index in [-0.39, 0.29) is 0 Å². The van der Waals surface area contributed by atoms with Gasteiger partial charge in [0, 0.05) is 7.11 Å². The van der Waals surface area contributed by atoms with Gasteiger partial charge in [0.25, 0.3) is 0 Å². The Morgan fingerprint density at radius 3 is 1.71 bits per heavy atom. The van der Waals surface area contributed by atoms with Crippen molar-refractivity contribution in [2.75, 3.05) is 13.7 Å². The fraction of sp³-hybridized carbons (Fsp3) is 1.00. The molecule has 1 aliphatic heterocycles. The van der Waals surface area contributed by atoms with E-state index in [1.54, 1.807) is 0 Å². The lowest BCUT2D eigenvalue weighted by molar-refractivity contribution is -0.340. The molecule has 2 aliphatic rings.